The van der Waals surface area contributed by atoms with Gasteiger partial charge in [-0.1, -0.05) is 0 Å². The molecular formula is C8H10N2O. The summed E-state index contributed by atoms with van der Waals surface area (Å²) in [6, 6.07) is 1.68. The number of pyridine rings is 1. The summed E-state index contributed by atoms with van der Waals surface area (Å²) < 4.78 is 0. The van der Waals surface area contributed by atoms with E-state index in [1.165, 1.54) is 5.56 Å². The number of H-pyrrole nitrogens is 1. The third-order valence-electron chi connectivity index (χ3n) is 1.99. The monoisotopic (exact) mass is 150 g/mol. The normalized spacial score (nSPS) is 16.8. The number of hydrogen-bond donors (Lipinski definition) is 1. The zero-order chi connectivity index (χ0) is 7.84. The molecule has 0 bridgehead atoms. The van der Waals surface area contributed by atoms with E-state index >= 15 is 0 Å². The molecule has 3 nitrogen and oxygen atoms in total. The molecular weight excluding hydrogens is 140 g/mol. The van der Waals surface area contributed by atoms with Crippen LogP contribution in [0.25, 0.3) is 0 Å². The number of fused-ring (bicyclic) bond motifs is 1. The Balaban J connectivity index is 2.51. The van der Waals surface area contributed by atoms with E-state index in [-0.39, 0.29) is 5.56 Å². The Kier molecular flexibility index (Phi) is 1.32. The number of aromatic nitrogens is 1. The maximum absolute atomic E-state index is 10.9. The van der Waals surface area contributed by atoms with Crippen LogP contribution >= 0.6 is 0 Å². The molecule has 0 radical (unpaired) electrons. The molecule has 1 aliphatic rings. The minimum atomic E-state index is -0.000880. The van der Waals surface area contributed by atoms with Crippen LogP contribution in [0.1, 0.15) is 11.1 Å². The van der Waals surface area contributed by atoms with Gasteiger partial charge < -0.3 is 4.98 Å². The zero-order valence-electron chi connectivity index (χ0n) is 6.42. The Hall–Kier alpha value is -1.09. The van der Waals surface area contributed by atoms with Crippen molar-refractivity contribution in [1.29, 1.82) is 0 Å². The standard InChI is InChI=1S/C8H10N2O/c1-10-4-6-2-8(11)9-3-7(6)5-10/h2-3H,4-5H2,1H3,(H,9,11). The molecule has 2 heterocycles. The lowest BCUT2D eigenvalue weighted by molar-refractivity contribution is 0.353. The van der Waals surface area contributed by atoms with E-state index in [1.54, 1.807) is 12.3 Å². The first kappa shape index (κ1) is 6.61. The summed E-state index contributed by atoms with van der Waals surface area (Å²) in [6.45, 7) is 1.85. The van der Waals surface area contributed by atoms with Crippen molar-refractivity contribution in [2.75, 3.05) is 7.05 Å². The van der Waals surface area contributed by atoms with Crippen LogP contribution in [-0.2, 0) is 13.1 Å². The lowest BCUT2D eigenvalue weighted by atomic mass is 10.2. The first-order valence-corrected chi connectivity index (χ1v) is 3.65. The second kappa shape index (κ2) is 2.20. The average molecular weight is 150 g/mol. The molecule has 0 unspecified atom stereocenters. The van der Waals surface area contributed by atoms with Gasteiger partial charge in [-0.25, -0.2) is 0 Å². The highest BCUT2D eigenvalue weighted by molar-refractivity contribution is 5.26. The molecule has 58 valence electrons. The highest BCUT2D eigenvalue weighted by atomic mass is 16.1. The third kappa shape index (κ3) is 1.07. The quantitative estimate of drug-likeness (QED) is 0.578. The predicted octanol–water partition coefficient (Wildman–Crippen LogP) is 0.320. The molecule has 0 saturated carbocycles. The molecule has 1 aromatic rings. The molecule has 0 atom stereocenters. The van der Waals surface area contributed by atoms with Crippen molar-refractivity contribution in [3.63, 3.8) is 0 Å². The Morgan fingerprint density at radius 1 is 1.45 bits per heavy atom. The van der Waals surface area contributed by atoms with Crippen molar-refractivity contribution in [3.05, 3.63) is 33.7 Å². The first-order valence-electron chi connectivity index (χ1n) is 3.65. The van der Waals surface area contributed by atoms with Crippen LogP contribution in [0.15, 0.2) is 17.1 Å². The lowest BCUT2D eigenvalue weighted by Gasteiger charge is -2.02. The van der Waals surface area contributed by atoms with Crippen LogP contribution in [-0.4, -0.2) is 16.9 Å². The molecule has 0 aliphatic carbocycles. The van der Waals surface area contributed by atoms with Crippen LogP contribution in [0, 0.1) is 0 Å². The van der Waals surface area contributed by atoms with E-state index < -0.39 is 0 Å². The molecule has 0 saturated heterocycles. The van der Waals surface area contributed by atoms with E-state index in [4.69, 9.17) is 0 Å². The van der Waals surface area contributed by atoms with Gasteiger partial charge in [0.05, 0.1) is 0 Å². The Morgan fingerprint density at radius 2 is 2.18 bits per heavy atom. The van der Waals surface area contributed by atoms with Crippen LogP contribution in [0.2, 0.25) is 0 Å². The molecule has 1 aromatic heterocycles. The summed E-state index contributed by atoms with van der Waals surface area (Å²) in [5, 5.41) is 0. The first-order chi connectivity index (χ1) is 5.25. The van der Waals surface area contributed by atoms with E-state index in [0.29, 0.717) is 0 Å². The second-order valence-electron chi connectivity index (χ2n) is 3.02. The molecule has 11 heavy (non-hydrogen) atoms. The van der Waals surface area contributed by atoms with Gasteiger partial charge in [0.25, 0.3) is 0 Å². The number of nitrogens with zero attached hydrogens (tertiary/aromatic N) is 1. The number of rotatable bonds is 0. The van der Waals surface area contributed by atoms with Gasteiger partial charge in [0.1, 0.15) is 0 Å². The molecule has 0 spiro atoms. The Morgan fingerprint density at radius 3 is 3.00 bits per heavy atom. The second-order valence-corrected chi connectivity index (χ2v) is 3.02. The lowest BCUT2D eigenvalue weighted by Crippen LogP contribution is -2.07. The van der Waals surface area contributed by atoms with Crippen LogP contribution in [0.4, 0.5) is 0 Å². The largest absolute Gasteiger partial charge is 0.329 e. The van der Waals surface area contributed by atoms with Gasteiger partial charge in [0, 0.05) is 25.4 Å². The van der Waals surface area contributed by atoms with E-state index in [0.717, 1.165) is 18.7 Å². The highest BCUT2D eigenvalue weighted by Crippen LogP contribution is 2.17. The van der Waals surface area contributed by atoms with Crippen molar-refractivity contribution < 1.29 is 0 Å². The SMILES string of the molecule is CN1Cc2c[nH]c(=O)cc2C1. The van der Waals surface area contributed by atoms with Crippen LogP contribution < -0.4 is 5.56 Å². The maximum atomic E-state index is 10.9. The molecule has 0 fully saturated rings. The van der Waals surface area contributed by atoms with E-state index in [1.807, 2.05) is 7.05 Å². The molecule has 1 aliphatic heterocycles. The van der Waals surface area contributed by atoms with Gasteiger partial charge >= 0.3 is 0 Å². The van der Waals surface area contributed by atoms with Gasteiger partial charge in [-0.15, -0.1) is 0 Å². The summed E-state index contributed by atoms with van der Waals surface area (Å²) in [5.74, 6) is 0. The highest BCUT2D eigenvalue weighted by Gasteiger charge is 2.14. The van der Waals surface area contributed by atoms with Crippen molar-refractivity contribution in [2.45, 2.75) is 13.1 Å². The fourth-order valence-electron chi connectivity index (χ4n) is 1.48. The zero-order valence-corrected chi connectivity index (χ0v) is 6.42. The molecule has 3 heteroatoms. The van der Waals surface area contributed by atoms with Gasteiger partial charge in [0.15, 0.2) is 0 Å². The van der Waals surface area contributed by atoms with Crippen molar-refractivity contribution >= 4 is 0 Å². The Labute approximate surface area is 64.7 Å². The summed E-state index contributed by atoms with van der Waals surface area (Å²) in [5.41, 5.74) is 2.41. The summed E-state index contributed by atoms with van der Waals surface area (Å²) in [7, 11) is 2.05. The van der Waals surface area contributed by atoms with Crippen LogP contribution in [0.5, 0.6) is 0 Å². The Bertz CT molecular complexity index is 329. The smallest absolute Gasteiger partial charge is 0.248 e. The average Bonchev–Trinajstić information content (AvgIpc) is 2.27. The molecule has 1 N–H and O–H groups in total. The van der Waals surface area contributed by atoms with Crippen LogP contribution in [0.3, 0.4) is 0 Å². The van der Waals surface area contributed by atoms with E-state index in [9.17, 15) is 4.79 Å². The fraction of sp³-hybridized carbons (Fsp3) is 0.375. The summed E-state index contributed by atoms with van der Waals surface area (Å²) in [6.07, 6.45) is 1.81. The molecule has 2 rings (SSSR count). The predicted molar refractivity (Wildman–Crippen MR) is 42.2 cm³/mol. The van der Waals surface area contributed by atoms with Gasteiger partial charge in [-0.2, -0.15) is 0 Å². The van der Waals surface area contributed by atoms with Gasteiger partial charge in [-0.3, -0.25) is 9.69 Å². The summed E-state index contributed by atoms with van der Waals surface area (Å²) >= 11 is 0. The fourth-order valence-corrected chi connectivity index (χ4v) is 1.48. The number of hydrogen-bond acceptors (Lipinski definition) is 2. The number of aromatic amines is 1. The van der Waals surface area contributed by atoms with Crippen molar-refractivity contribution in [1.82, 2.24) is 9.88 Å². The minimum Gasteiger partial charge on any atom is -0.329 e. The van der Waals surface area contributed by atoms with Crippen molar-refractivity contribution in [2.24, 2.45) is 0 Å². The van der Waals surface area contributed by atoms with E-state index in [2.05, 4.69) is 9.88 Å². The number of nitrogens with one attached hydrogen (secondary N) is 1. The van der Waals surface area contributed by atoms with Crippen molar-refractivity contribution in [3.8, 4) is 0 Å². The molecule has 0 amide bonds. The maximum Gasteiger partial charge on any atom is 0.248 e. The summed E-state index contributed by atoms with van der Waals surface area (Å²) in [4.78, 5) is 15.7. The van der Waals surface area contributed by atoms with Gasteiger partial charge in [-0.05, 0) is 18.2 Å². The molecule has 0 aromatic carbocycles. The van der Waals surface area contributed by atoms with Gasteiger partial charge in [0.2, 0.25) is 5.56 Å². The minimum absolute atomic E-state index is 0.000880. The third-order valence-corrected chi connectivity index (χ3v) is 1.99. The topological polar surface area (TPSA) is 36.1 Å².